The van der Waals surface area contributed by atoms with E-state index >= 15 is 0 Å². The van der Waals surface area contributed by atoms with Gasteiger partial charge in [0.2, 0.25) is 0 Å². The van der Waals surface area contributed by atoms with Gasteiger partial charge in [-0.05, 0) is 19.9 Å². The van der Waals surface area contributed by atoms with Crippen LogP contribution in [0.25, 0.3) is 0 Å². The summed E-state index contributed by atoms with van der Waals surface area (Å²) in [4.78, 5) is 4.90. The number of hydrogen-bond acceptors (Lipinski definition) is 4. The van der Waals surface area contributed by atoms with Gasteiger partial charge in [-0.3, -0.25) is 9.58 Å². The van der Waals surface area contributed by atoms with Crippen LogP contribution in [0.4, 0.5) is 5.69 Å². The lowest BCUT2D eigenvalue weighted by molar-refractivity contribution is 0.148. The molecule has 1 aliphatic heterocycles. The van der Waals surface area contributed by atoms with E-state index in [1.807, 2.05) is 0 Å². The third-order valence-electron chi connectivity index (χ3n) is 4.07. The maximum atomic E-state index is 6.15. The van der Waals surface area contributed by atoms with Gasteiger partial charge >= 0.3 is 0 Å². The summed E-state index contributed by atoms with van der Waals surface area (Å²) >= 11 is 0. The molecule has 108 valence electrons. The van der Waals surface area contributed by atoms with E-state index < -0.39 is 0 Å². The van der Waals surface area contributed by atoms with Gasteiger partial charge in [0.15, 0.2) is 0 Å². The minimum Gasteiger partial charge on any atom is -0.396 e. The molecule has 1 aromatic heterocycles. The van der Waals surface area contributed by atoms with E-state index in [1.54, 1.807) is 0 Å². The first-order valence-electron chi connectivity index (χ1n) is 7.40. The zero-order valence-electron chi connectivity index (χ0n) is 12.5. The van der Waals surface area contributed by atoms with Crippen molar-refractivity contribution in [1.29, 1.82) is 0 Å². The molecule has 5 nitrogen and oxygen atoms in total. The molecule has 2 N–H and O–H groups in total. The molecule has 0 aliphatic carbocycles. The van der Waals surface area contributed by atoms with E-state index in [2.05, 4.69) is 40.5 Å². The van der Waals surface area contributed by atoms with E-state index in [-0.39, 0.29) is 0 Å². The molecule has 5 heteroatoms. The van der Waals surface area contributed by atoms with Crippen molar-refractivity contribution in [1.82, 2.24) is 19.6 Å². The Labute approximate surface area is 116 Å². The number of nitrogens with two attached hydrogens (primary N) is 1. The van der Waals surface area contributed by atoms with Crippen LogP contribution in [0.3, 0.4) is 0 Å². The van der Waals surface area contributed by atoms with E-state index in [0.717, 1.165) is 50.4 Å². The zero-order valence-corrected chi connectivity index (χ0v) is 12.5. The van der Waals surface area contributed by atoms with Crippen molar-refractivity contribution >= 4 is 5.69 Å². The molecule has 0 unspecified atom stereocenters. The van der Waals surface area contributed by atoms with E-state index in [4.69, 9.17) is 5.73 Å². The minimum absolute atomic E-state index is 0.906. The fourth-order valence-electron chi connectivity index (χ4n) is 2.69. The van der Waals surface area contributed by atoms with Gasteiger partial charge in [0, 0.05) is 32.7 Å². The largest absolute Gasteiger partial charge is 0.396 e. The Morgan fingerprint density at radius 3 is 2.32 bits per heavy atom. The first-order valence-corrected chi connectivity index (χ1v) is 7.40. The Morgan fingerprint density at radius 1 is 1.05 bits per heavy atom. The second-order valence-corrected chi connectivity index (χ2v) is 5.38. The van der Waals surface area contributed by atoms with Crippen LogP contribution in [0, 0.1) is 0 Å². The molecule has 0 spiro atoms. The summed E-state index contributed by atoms with van der Waals surface area (Å²) in [6.07, 6.45) is 1.88. The minimum atomic E-state index is 0.906. The normalized spacial score (nSPS) is 18.1. The Kier molecular flexibility index (Phi) is 4.82. The van der Waals surface area contributed by atoms with Gasteiger partial charge in [-0.25, -0.2) is 0 Å². The van der Waals surface area contributed by atoms with Crippen LogP contribution in [0.5, 0.6) is 0 Å². The van der Waals surface area contributed by atoms with Crippen LogP contribution >= 0.6 is 0 Å². The molecule has 1 fully saturated rings. The summed E-state index contributed by atoms with van der Waals surface area (Å²) < 4.78 is 2.12. The SMILES string of the molecule is CCc1nn(CCN2CCN(C)CC2)c(CC)c1N. The Bertz CT molecular complexity index is 404. The van der Waals surface area contributed by atoms with Gasteiger partial charge in [-0.15, -0.1) is 0 Å². The highest BCUT2D eigenvalue weighted by Crippen LogP contribution is 2.18. The van der Waals surface area contributed by atoms with Crippen molar-refractivity contribution in [3.63, 3.8) is 0 Å². The lowest BCUT2D eigenvalue weighted by Crippen LogP contribution is -2.45. The second kappa shape index (κ2) is 6.39. The highest BCUT2D eigenvalue weighted by atomic mass is 15.3. The Morgan fingerprint density at radius 2 is 1.74 bits per heavy atom. The van der Waals surface area contributed by atoms with E-state index in [1.165, 1.54) is 18.8 Å². The summed E-state index contributed by atoms with van der Waals surface area (Å²) in [6.45, 7) is 11.0. The predicted octanol–water partition coefficient (Wildman–Crippen LogP) is 0.838. The predicted molar refractivity (Wildman–Crippen MR) is 79.3 cm³/mol. The number of aromatic nitrogens is 2. The van der Waals surface area contributed by atoms with Crippen LogP contribution in [0.15, 0.2) is 0 Å². The average Bonchev–Trinajstić information content (AvgIpc) is 2.73. The molecular formula is C14H27N5. The third kappa shape index (κ3) is 3.28. The smallest absolute Gasteiger partial charge is 0.0854 e. The molecule has 1 aliphatic rings. The Balaban J connectivity index is 1.95. The third-order valence-corrected chi connectivity index (χ3v) is 4.07. The van der Waals surface area contributed by atoms with Crippen molar-refractivity contribution in [2.24, 2.45) is 0 Å². The lowest BCUT2D eigenvalue weighted by Gasteiger charge is -2.32. The molecule has 0 bridgehead atoms. The highest BCUT2D eigenvalue weighted by Gasteiger charge is 2.16. The lowest BCUT2D eigenvalue weighted by atomic mass is 10.2. The molecule has 0 aromatic carbocycles. The summed E-state index contributed by atoms with van der Waals surface area (Å²) in [5, 5.41) is 4.65. The molecule has 1 aromatic rings. The van der Waals surface area contributed by atoms with Gasteiger partial charge in [-0.1, -0.05) is 13.8 Å². The van der Waals surface area contributed by atoms with Gasteiger partial charge in [0.25, 0.3) is 0 Å². The molecule has 0 amide bonds. The number of anilines is 1. The fourth-order valence-corrected chi connectivity index (χ4v) is 2.69. The summed E-state index contributed by atoms with van der Waals surface area (Å²) in [5.74, 6) is 0. The molecule has 2 rings (SSSR count). The maximum absolute atomic E-state index is 6.15. The van der Waals surface area contributed by atoms with E-state index in [9.17, 15) is 0 Å². The van der Waals surface area contributed by atoms with Gasteiger partial charge in [0.1, 0.15) is 0 Å². The fraction of sp³-hybridized carbons (Fsp3) is 0.786. The van der Waals surface area contributed by atoms with Crippen molar-refractivity contribution < 1.29 is 0 Å². The van der Waals surface area contributed by atoms with Crippen LogP contribution < -0.4 is 5.73 Å². The topological polar surface area (TPSA) is 50.3 Å². The molecule has 19 heavy (non-hydrogen) atoms. The van der Waals surface area contributed by atoms with Crippen molar-refractivity contribution in [3.05, 3.63) is 11.4 Å². The summed E-state index contributed by atoms with van der Waals surface area (Å²) in [5.41, 5.74) is 9.31. The number of nitrogen functional groups attached to an aromatic ring is 1. The van der Waals surface area contributed by atoms with Crippen molar-refractivity contribution in [2.45, 2.75) is 33.2 Å². The van der Waals surface area contributed by atoms with Crippen LogP contribution in [-0.2, 0) is 19.4 Å². The van der Waals surface area contributed by atoms with Crippen molar-refractivity contribution in [3.8, 4) is 0 Å². The van der Waals surface area contributed by atoms with Crippen LogP contribution in [0.2, 0.25) is 0 Å². The molecule has 2 heterocycles. The molecular weight excluding hydrogens is 238 g/mol. The van der Waals surface area contributed by atoms with E-state index in [0.29, 0.717) is 0 Å². The van der Waals surface area contributed by atoms with Gasteiger partial charge in [0.05, 0.1) is 23.6 Å². The van der Waals surface area contributed by atoms with Crippen LogP contribution in [0.1, 0.15) is 25.2 Å². The summed E-state index contributed by atoms with van der Waals surface area (Å²) in [6, 6.07) is 0. The number of aryl methyl sites for hydroxylation is 1. The van der Waals surface area contributed by atoms with Gasteiger partial charge < -0.3 is 10.6 Å². The summed E-state index contributed by atoms with van der Waals surface area (Å²) in [7, 11) is 2.19. The zero-order chi connectivity index (χ0) is 13.8. The maximum Gasteiger partial charge on any atom is 0.0854 e. The number of piperazine rings is 1. The second-order valence-electron chi connectivity index (χ2n) is 5.38. The molecule has 1 saturated heterocycles. The molecule has 0 atom stereocenters. The average molecular weight is 265 g/mol. The molecule has 0 radical (unpaired) electrons. The standard InChI is InChI=1S/C14H27N5/c1-4-12-14(15)13(5-2)19(16-12)11-10-18-8-6-17(3)7-9-18/h4-11,15H2,1-3H3. The Hall–Kier alpha value is -1.07. The number of hydrogen-bond donors (Lipinski definition) is 1. The van der Waals surface area contributed by atoms with Crippen LogP contribution in [-0.4, -0.2) is 59.4 Å². The highest BCUT2D eigenvalue weighted by molar-refractivity contribution is 5.48. The first-order chi connectivity index (χ1) is 9.15. The number of rotatable bonds is 5. The first kappa shape index (κ1) is 14.3. The van der Waals surface area contributed by atoms with Gasteiger partial charge in [-0.2, -0.15) is 5.10 Å². The monoisotopic (exact) mass is 265 g/mol. The molecule has 0 saturated carbocycles. The number of likely N-dealkylation sites (N-methyl/N-ethyl adjacent to an activating group) is 1. The number of nitrogens with zero attached hydrogens (tertiary/aromatic N) is 4. The quantitative estimate of drug-likeness (QED) is 0.857. The van der Waals surface area contributed by atoms with Crippen molar-refractivity contribution in [2.75, 3.05) is 45.5 Å².